The molecule has 0 aromatic carbocycles. The summed E-state index contributed by atoms with van der Waals surface area (Å²) >= 11 is 0. The third-order valence-corrected chi connectivity index (χ3v) is 4.05. The van der Waals surface area contributed by atoms with Crippen LogP contribution in [0.1, 0.15) is 27.2 Å². The van der Waals surface area contributed by atoms with Crippen LogP contribution < -0.4 is 4.90 Å². The maximum absolute atomic E-state index is 12.3. The van der Waals surface area contributed by atoms with E-state index in [1.165, 1.54) is 0 Å². The van der Waals surface area contributed by atoms with Crippen molar-refractivity contribution in [1.82, 2.24) is 4.98 Å². The fraction of sp³-hybridized carbons (Fsp3) is 0.353. The molecule has 0 amide bonds. The molecule has 21 heavy (non-hydrogen) atoms. The first-order valence-corrected chi connectivity index (χ1v) is 7.02. The van der Waals surface area contributed by atoms with Gasteiger partial charge in [-0.1, -0.05) is 6.07 Å². The minimum Gasteiger partial charge on any atom is -0.359 e. The lowest BCUT2D eigenvalue weighted by Gasteiger charge is -2.22. The van der Waals surface area contributed by atoms with E-state index >= 15 is 0 Å². The van der Waals surface area contributed by atoms with Crippen LogP contribution in [0.15, 0.2) is 46.7 Å². The van der Waals surface area contributed by atoms with Gasteiger partial charge in [0.2, 0.25) is 0 Å². The van der Waals surface area contributed by atoms with Crippen molar-refractivity contribution in [2.75, 3.05) is 18.5 Å². The number of ketones is 2. The van der Waals surface area contributed by atoms with Crippen LogP contribution >= 0.6 is 0 Å². The predicted octanol–water partition coefficient (Wildman–Crippen LogP) is 2.71. The molecule has 4 heteroatoms. The minimum absolute atomic E-state index is 0.000907. The number of allylic oxidation sites excluding steroid dienone is 3. The molecule has 0 atom stereocenters. The fourth-order valence-electron chi connectivity index (χ4n) is 2.43. The molecule has 4 nitrogen and oxygen atoms in total. The highest BCUT2D eigenvalue weighted by Crippen LogP contribution is 2.26. The maximum atomic E-state index is 12.3. The molecule has 1 aliphatic rings. The number of hydrogen-bond acceptors (Lipinski definition) is 4. The number of carbonyl (C=O) groups excluding carboxylic acids is 2. The van der Waals surface area contributed by atoms with Gasteiger partial charge in [0.15, 0.2) is 11.6 Å². The Labute approximate surface area is 125 Å². The summed E-state index contributed by atoms with van der Waals surface area (Å²) in [4.78, 5) is 30.7. The molecule has 1 heterocycles. The quantitative estimate of drug-likeness (QED) is 0.798. The van der Waals surface area contributed by atoms with Crippen molar-refractivity contribution in [2.45, 2.75) is 27.2 Å². The molecular weight excluding hydrogens is 264 g/mol. The summed E-state index contributed by atoms with van der Waals surface area (Å²) in [6.45, 7) is 5.83. The molecule has 0 unspecified atom stereocenters. The third-order valence-electron chi connectivity index (χ3n) is 4.05. The summed E-state index contributed by atoms with van der Waals surface area (Å²) in [5, 5.41) is 0. The van der Waals surface area contributed by atoms with Gasteiger partial charge in [-0.15, -0.1) is 0 Å². The molecule has 0 radical (unpaired) electrons. The van der Waals surface area contributed by atoms with E-state index in [9.17, 15) is 9.59 Å². The summed E-state index contributed by atoms with van der Waals surface area (Å²) < 4.78 is 0. The lowest BCUT2D eigenvalue weighted by Crippen LogP contribution is -2.25. The molecule has 0 saturated heterocycles. The summed E-state index contributed by atoms with van der Waals surface area (Å²) in [5.41, 5.74) is 2.35. The van der Waals surface area contributed by atoms with Crippen LogP contribution in [0, 0.1) is 0 Å². The number of anilines is 1. The van der Waals surface area contributed by atoms with Crippen LogP contribution in [0.5, 0.6) is 0 Å². The van der Waals surface area contributed by atoms with Crippen molar-refractivity contribution in [2.24, 2.45) is 0 Å². The Morgan fingerprint density at radius 1 is 1.00 bits per heavy atom. The second-order valence-corrected chi connectivity index (χ2v) is 5.37. The minimum atomic E-state index is -0.0115. The van der Waals surface area contributed by atoms with Gasteiger partial charge < -0.3 is 4.90 Å². The number of hydrogen-bond donors (Lipinski definition) is 0. The zero-order valence-electron chi connectivity index (χ0n) is 12.9. The highest BCUT2D eigenvalue weighted by atomic mass is 16.1. The molecule has 1 aromatic heterocycles. The van der Waals surface area contributed by atoms with Crippen LogP contribution in [0.3, 0.4) is 0 Å². The Kier molecular flexibility index (Phi) is 4.36. The van der Waals surface area contributed by atoms with Crippen molar-refractivity contribution in [1.29, 1.82) is 0 Å². The van der Waals surface area contributed by atoms with Gasteiger partial charge in [-0.2, -0.15) is 0 Å². The normalized spacial score (nSPS) is 15.8. The Bertz CT molecular complexity index is 642. The molecule has 2 rings (SSSR count). The van der Waals surface area contributed by atoms with Gasteiger partial charge in [-0.25, -0.2) is 4.98 Å². The molecule has 0 fully saturated rings. The molecule has 1 aliphatic carbocycles. The number of pyridine rings is 1. The van der Waals surface area contributed by atoms with Crippen LogP contribution in [-0.2, 0) is 9.59 Å². The summed E-state index contributed by atoms with van der Waals surface area (Å²) in [5.74, 6) is 0.843. The van der Waals surface area contributed by atoms with E-state index in [2.05, 4.69) is 4.98 Å². The van der Waals surface area contributed by atoms with Gasteiger partial charge in [0.05, 0.1) is 0 Å². The Balaban J connectivity index is 2.13. The monoisotopic (exact) mass is 284 g/mol. The van der Waals surface area contributed by atoms with E-state index in [-0.39, 0.29) is 11.6 Å². The highest BCUT2D eigenvalue weighted by Gasteiger charge is 2.27. The molecule has 0 spiro atoms. The Morgan fingerprint density at radius 2 is 1.67 bits per heavy atom. The highest BCUT2D eigenvalue weighted by molar-refractivity contribution is 6.24. The van der Waals surface area contributed by atoms with Gasteiger partial charge in [0, 0.05) is 42.1 Å². The van der Waals surface area contributed by atoms with Crippen LogP contribution in [0.25, 0.3) is 0 Å². The number of carbonyl (C=O) groups is 2. The third kappa shape index (κ3) is 2.94. The SMILES string of the molecule is CC1=C(C)C(=O)C(CCN(C)c2ccccn2)=C(C)C1=O. The van der Waals surface area contributed by atoms with E-state index in [0.717, 1.165) is 5.82 Å². The van der Waals surface area contributed by atoms with E-state index in [0.29, 0.717) is 35.3 Å². The van der Waals surface area contributed by atoms with Crippen molar-refractivity contribution in [3.63, 3.8) is 0 Å². The molecule has 0 bridgehead atoms. The number of nitrogens with zero attached hydrogens (tertiary/aromatic N) is 2. The average molecular weight is 284 g/mol. The first-order valence-electron chi connectivity index (χ1n) is 7.02. The van der Waals surface area contributed by atoms with Crippen LogP contribution in [-0.4, -0.2) is 30.1 Å². The molecule has 1 aromatic rings. The van der Waals surface area contributed by atoms with Crippen molar-refractivity contribution < 1.29 is 9.59 Å². The molecule has 0 saturated carbocycles. The van der Waals surface area contributed by atoms with Gasteiger partial charge in [-0.3, -0.25) is 9.59 Å². The number of aromatic nitrogens is 1. The second-order valence-electron chi connectivity index (χ2n) is 5.37. The van der Waals surface area contributed by atoms with E-state index in [1.54, 1.807) is 27.0 Å². The smallest absolute Gasteiger partial charge is 0.185 e. The average Bonchev–Trinajstić information content (AvgIpc) is 2.51. The van der Waals surface area contributed by atoms with Crippen molar-refractivity contribution in [3.8, 4) is 0 Å². The molecule has 0 aliphatic heterocycles. The predicted molar refractivity (Wildman–Crippen MR) is 83.2 cm³/mol. The first kappa shape index (κ1) is 15.2. The molecular formula is C17H20N2O2. The van der Waals surface area contributed by atoms with Gasteiger partial charge >= 0.3 is 0 Å². The van der Waals surface area contributed by atoms with E-state index < -0.39 is 0 Å². The van der Waals surface area contributed by atoms with Crippen molar-refractivity contribution in [3.05, 3.63) is 46.7 Å². The van der Waals surface area contributed by atoms with Crippen LogP contribution in [0.4, 0.5) is 5.82 Å². The summed E-state index contributed by atoms with van der Waals surface area (Å²) in [6.07, 6.45) is 2.29. The lowest BCUT2D eigenvalue weighted by atomic mass is 9.84. The summed E-state index contributed by atoms with van der Waals surface area (Å²) in [7, 11) is 1.93. The fourth-order valence-corrected chi connectivity index (χ4v) is 2.43. The van der Waals surface area contributed by atoms with Gasteiger partial charge in [0.1, 0.15) is 5.82 Å². The largest absolute Gasteiger partial charge is 0.359 e. The Morgan fingerprint density at radius 3 is 2.29 bits per heavy atom. The topological polar surface area (TPSA) is 50.3 Å². The second kappa shape index (κ2) is 6.04. The number of Topliss-reactive ketones (excluding diaryl/α,β-unsaturated/α-hetero) is 2. The van der Waals surface area contributed by atoms with E-state index in [1.807, 2.05) is 30.1 Å². The van der Waals surface area contributed by atoms with Crippen LogP contribution in [0.2, 0.25) is 0 Å². The zero-order chi connectivity index (χ0) is 15.6. The molecule has 0 N–H and O–H groups in total. The standard InChI is InChI=1S/C17H20N2O2/c1-11-12(2)17(21)14(13(3)16(11)20)8-10-19(4)15-7-5-6-9-18-15/h5-7,9H,8,10H2,1-4H3. The lowest BCUT2D eigenvalue weighted by molar-refractivity contribution is -0.116. The maximum Gasteiger partial charge on any atom is 0.185 e. The van der Waals surface area contributed by atoms with Gasteiger partial charge in [0.25, 0.3) is 0 Å². The van der Waals surface area contributed by atoms with E-state index in [4.69, 9.17) is 0 Å². The van der Waals surface area contributed by atoms with Crippen molar-refractivity contribution >= 4 is 17.4 Å². The summed E-state index contributed by atoms with van der Waals surface area (Å²) in [6, 6.07) is 5.71. The zero-order valence-corrected chi connectivity index (χ0v) is 12.9. The number of rotatable bonds is 4. The molecule has 110 valence electrons. The first-order chi connectivity index (χ1) is 9.93. The van der Waals surface area contributed by atoms with Gasteiger partial charge in [-0.05, 0) is 39.3 Å². The Hall–Kier alpha value is -2.23.